The zero-order valence-electron chi connectivity index (χ0n) is 18.6. The van der Waals surface area contributed by atoms with Crippen molar-refractivity contribution in [2.75, 3.05) is 48.3 Å². The van der Waals surface area contributed by atoms with Crippen LogP contribution in [0.2, 0.25) is 0 Å². The number of nitrogens with one attached hydrogen (secondary N) is 2. The molecule has 1 saturated carbocycles. The standard InChI is InChI=1S/C25H32N4O2/c1-4-28-11-13-29(14-12-28)23-10-9-21(15-18(23)3)27-24(30)19-5-7-20(8-6-19)26-25(31)22-16-17(22)2/h5-10,15,17,22H,4,11-14,16H2,1-3H3,(H,26,31)(H,27,30). The Hall–Kier alpha value is -2.86. The molecule has 1 heterocycles. The fourth-order valence-electron chi connectivity index (χ4n) is 4.22. The first-order valence-corrected chi connectivity index (χ1v) is 11.2. The lowest BCUT2D eigenvalue weighted by atomic mass is 10.1. The first-order valence-electron chi connectivity index (χ1n) is 11.2. The molecule has 2 aromatic carbocycles. The summed E-state index contributed by atoms with van der Waals surface area (Å²) in [6.07, 6.45) is 0.958. The Morgan fingerprint density at radius 2 is 1.61 bits per heavy atom. The van der Waals surface area contributed by atoms with Crippen LogP contribution in [0, 0.1) is 18.8 Å². The lowest BCUT2D eigenvalue weighted by Crippen LogP contribution is -2.46. The number of carbonyl (C=O) groups is 2. The molecule has 2 atom stereocenters. The molecular formula is C25H32N4O2. The lowest BCUT2D eigenvalue weighted by molar-refractivity contribution is -0.117. The number of benzene rings is 2. The van der Waals surface area contributed by atoms with Crippen LogP contribution in [0.1, 0.15) is 36.2 Å². The van der Waals surface area contributed by atoms with Gasteiger partial charge < -0.3 is 20.4 Å². The summed E-state index contributed by atoms with van der Waals surface area (Å²) >= 11 is 0. The molecule has 164 valence electrons. The quantitative estimate of drug-likeness (QED) is 0.742. The van der Waals surface area contributed by atoms with Crippen LogP contribution in [-0.4, -0.2) is 49.4 Å². The van der Waals surface area contributed by atoms with Crippen LogP contribution in [0.15, 0.2) is 42.5 Å². The van der Waals surface area contributed by atoms with Crippen molar-refractivity contribution >= 4 is 28.9 Å². The molecule has 0 aromatic heterocycles. The van der Waals surface area contributed by atoms with Crippen molar-refractivity contribution in [1.82, 2.24) is 4.90 Å². The van der Waals surface area contributed by atoms with Crippen molar-refractivity contribution in [1.29, 1.82) is 0 Å². The fourth-order valence-corrected chi connectivity index (χ4v) is 4.22. The van der Waals surface area contributed by atoms with Gasteiger partial charge in [0.2, 0.25) is 5.91 Å². The maximum atomic E-state index is 12.7. The highest BCUT2D eigenvalue weighted by molar-refractivity contribution is 6.05. The van der Waals surface area contributed by atoms with Crippen LogP contribution in [0.5, 0.6) is 0 Å². The van der Waals surface area contributed by atoms with Gasteiger partial charge in [-0.25, -0.2) is 0 Å². The molecule has 0 radical (unpaired) electrons. The molecule has 0 spiro atoms. The Morgan fingerprint density at radius 3 is 2.19 bits per heavy atom. The molecule has 1 saturated heterocycles. The SMILES string of the molecule is CCN1CCN(c2ccc(NC(=O)c3ccc(NC(=O)C4CC4C)cc3)cc2C)CC1. The minimum absolute atomic E-state index is 0.0661. The second-order valence-corrected chi connectivity index (χ2v) is 8.76. The summed E-state index contributed by atoms with van der Waals surface area (Å²) in [6.45, 7) is 11.7. The molecule has 2 aliphatic rings. The van der Waals surface area contributed by atoms with E-state index in [2.05, 4.69) is 47.3 Å². The zero-order chi connectivity index (χ0) is 22.0. The van der Waals surface area contributed by atoms with Gasteiger partial charge in [-0.15, -0.1) is 0 Å². The summed E-state index contributed by atoms with van der Waals surface area (Å²) in [5, 5.41) is 5.91. The maximum absolute atomic E-state index is 12.7. The zero-order valence-corrected chi connectivity index (χ0v) is 18.6. The summed E-state index contributed by atoms with van der Waals surface area (Å²) in [6, 6.07) is 13.2. The van der Waals surface area contributed by atoms with E-state index in [1.807, 2.05) is 12.1 Å². The van der Waals surface area contributed by atoms with Crippen LogP contribution in [0.25, 0.3) is 0 Å². The Labute approximate surface area is 184 Å². The van der Waals surface area contributed by atoms with E-state index in [0.717, 1.165) is 56.1 Å². The molecule has 6 nitrogen and oxygen atoms in total. The van der Waals surface area contributed by atoms with Crippen LogP contribution in [0.3, 0.4) is 0 Å². The van der Waals surface area contributed by atoms with Gasteiger partial charge in [-0.1, -0.05) is 13.8 Å². The van der Waals surface area contributed by atoms with Gasteiger partial charge >= 0.3 is 0 Å². The number of aryl methyl sites for hydroxylation is 1. The number of amides is 2. The van der Waals surface area contributed by atoms with Crippen LogP contribution in [0.4, 0.5) is 17.1 Å². The van der Waals surface area contributed by atoms with Crippen molar-refractivity contribution in [3.05, 3.63) is 53.6 Å². The summed E-state index contributed by atoms with van der Waals surface area (Å²) in [5.41, 5.74) is 4.48. The van der Waals surface area contributed by atoms with E-state index in [0.29, 0.717) is 11.5 Å². The normalized spacial score (nSPS) is 20.9. The molecule has 4 rings (SSSR count). The van der Waals surface area contributed by atoms with Crippen molar-refractivity contribution in [3.8, 4) is 0 Å². The first-order chi connectivity index (χ1) is 14.9. The Morgan fingerprint density at radius 1 is 0.968 bits per heavy atom. The van der Waals surface area contributed by atoms with E-state index < -0.39 is 0 Å². The van der Waals surface area contributed by atoms with Gasteiger partial charge in [-0.05, 0) is 73.8 Å². The van der Waals surface area contributed by atoms with Gasteiger partial charge in [-0.3, -0.25) is 9.59 Å². The molecule has 2 amide bonds. The third-order valence-corrected chi connectivity index (χ3v) is 6.48. The molecule has 2 unspecified atom stereocenters. The first kappa shape index (κ1) is 21.4. The summed E-state index contributed by atoms with van der Waals surface area (Å²) < 4.78 is 0. The van der Waals surface area contributed by atoms with E-state index in [-0.39, 0.29) is 17.7 Å². The van der Waals surface area contributed by atoms with Crippen molar-refractivity contribution in [3.63, 3.8) is 0 Å². The third kappa shape index (κ3) is 5.07. The Balaban J connectivity index is 1.35. The van der Waals surface area contributed by atoms with Crippen molar-refractivity contribution < 1.29 is 9.59 Å². The molecule has 1 aliphatic heterocycles. The third-order valence-electron chi connectivity index (χ3n) is 6.48. The fraction of sp³-hybridized carbons (Fsp3) is 0.440. The average Bonchev–Trinajstić information content (AvgIpc) is 3.51. The predicted molar refractivity (Wildman–Crippen MR) is 126 cm³/mol. The minimum Gasteiger partial charge on any atom is -0.369 e. The van der Waals surface area contributed by atoms with Crippen molar-refractivity contribution in [2.45, 2.75) is 27.2 Å². The molecule has 2 fully saturated rings. The number of anilines is 3. The van der Waals surface area contributed by atoms with E-state index >= 15 is 0 Å². The lowest BCUT2D eigenvalue weighted by Gasteiger charge is -2.36. The van der Waals surface area contributed by atoms with Gasteiger partial charge in [0.15, 0.2) is 0 Å². The molecule has 2 N–H and O–H groups in total. The predicted octanol–water partition coefficient (Wildman–Crippen LogP) is 3.98. The molecule has 1 aliphatic carbocycles. The highest BCUT2D eigenvalue weighted by atomic mass is 16.2. The van der Waals surface area contributed by atoms with E-state index in [4.69, 9.17) is 0 Å². The van der Waals surface area contributed by atoms with Crippen LogP contribution < -0.4 is 15.5 Å². The number of hydrogen-bond donors (Lipinski definition) is 2. The van der Waals surface area contributed by atoms with Gasteiger partial charge in [0, 0.05) is 54.7 Å². The Kier molecular flexibility index (Phi) is 6.28. The molecule has 2 aromatic rings. The highest BCUT2D eigenvalue weighted by Crippen LogP contribution is 2.38. The minimum atomic E-state index is -0.155. The largest absolute Gasteiger partial charge is 0.369 e. The number of rotatable bonds is 6. The number of carbonyl (C=O) groups excluding carboxylic acids is 2. The number of nitrogens with zero attached hydrogens (tertiary/aromatic N) is 2. The molecular weight excluding hydrogens is 388 g/mol. The van der Waals surface area contributed by atoms with Crippen LogP contribution >= 0.6 is 0 Å². The monoisotopic (exact) mass is 420 g/mol. The summed E-state index contributed by atoms with van der Waals surface area (Å²) in [7, 11) is 0. The second kappa shape index (κ2) is 9.10. The maximum Gasteiger partial charge on any atom is 0.255 e. The average molecular weight is 421 g/mol. The number of hydrogen-bond acceptors (Lipinski definition) is 4. The number of piperazine rings is 1. The smallest absolute Gasteiger partial charge is 0.255 e. The molecule has 0 bridgehead atoms. The molecule has 6 heteroatoms. The van der Waals surface area contributed by atoms with Gasteiger partial charge in [0.05, 0.1) is 0 Å². The molecule has 31 heavy (non-hydrogen) atoms. The number of likely N-dealkylation sites (N-methyl/N-ethyl adjacent to an activating group) is 1. The van der Waals surface area contributed by atoms with E-state index in [1.165, 1.54) is 5.69 Å². The van der Waals surface area contributed by atoms with Gasteiger partial charge in [0.25, 0.3) is 5.91 Å². The van der Waals surface area contributed by atoms with Crippen LogP contribution in [-0.2, 0) is 4.79 Å². The second-order valence-electron chi connectivity index (χ2n) is 8.76. The Bertz CT molecular complexity index is 948. The topological polar surface area (TPSA) is 64.7 Å². The summed E-state index contributed by atoms with van der Waals surface area (Å²) in [5.74, 6) is 0.513. The van der Waals surface area contributed by atoms with E-state index in [9.17, 15) is 9.59 Å². The van der Waals surface area contributed by atoms with E-state index in [1.54, 1.807) is 24.3 Å². The highest BCUT2D eigenvalue weighted by Gasteiger charge is 2.39. The van der Waals surface area contributed by atoms with Gasteiger partial charge in [-0.2, -0.15) is 0 Å². The summed E-state index contributed by atoms with van der Waals surface area (Å²) in [4.78, 5) is 29.6. The van der Waals surface area contributed by atoms with Crippen molar-refractivity contribution in [2.24, 2.45) is 11.8 Å². The van der Waals surface area contributed by atoms with Gasteiger partial charge in [0.1, 0.15) is 0 Å².